The normalized spacial score (nSPS) is 10.4. The minimum Gasteiger partial charge on any atom is -0.301 e. The van der Waals surface area contributed by atoms with E-state index in [0.717, 1.165) is 17.8 Å². The summed E-state index contributed by atoms with van der Waals surface area (Å²) in [5, 5.41) is 12.2. The van der Waals surface area contributed by atoms with Gasteiger partial charge in [-0.25, -0.2) is 0 Å². The van der Waals surface area contributed by atoms with E-state index in [4.69, 9.17) is 0 Å². The molecule has 1 N–H and O–H groups in total. The van der Waals surface area contributed by atoms with Gasteiger partial charge in [0.15, 0.2) is 0 Å². The molecule has 100 valence electrons. The second kappa shape index (κ2) is 6.43. The first-order valence-corrected chi connectivity index (χ1v) is 7.17. The van der Waals surface area contributed by atoms with Crippen molar-refractivity contribution in [3.05, 3.63) is 40.4 Å². The van der Waals surface area contributed by atoms with E-state index < -0.39 is 0 Å². The van der Waals surface area contributed by atoms with Gasteiger partial charge in [-0.05, 0) is 25.3 Å². The van der Waals surface area contributed by atoms with Crippen molar-refractivity contribution in [1.29, 1.82) is 0 Å². The predicted molar refractivity (Wildman–Crippen MR) is 77.4 cm³/mol. The van der Waals surface area contributed by atoms with Crippen LogP contribution >= 0.6 is 11.3 Å². The maximum Gasteiger partial charge on any atom is 0.226 e. The third-order valence-electron chi connectivity index (χ3n) is 2.74. The zero-order valence-corrected chi connectivity index (χ0v) is 12.0. The van der Waals surface area contributed by atoms with Crippen LogP contribution in [0.5, 0.6) is 0 Å². The Morgan fingerprint density at radius 3 is 2.89 bits per heavy atom. The Morgan fingerprint density at radius 1 is 1.37 bits per heavy atom. The van der Waals surface area contributed by atoms with Gasteiger partial charge in [0, 0.05) is 6.42 Å². The Kier molecular flexibility index (Phi) is 4.63. The summed E-state index contributed by atoms with van der Waals surface area (Å²) in [5.41, 5.74) is 2.40. The first kappa shape index (κ1) is 13.7. The number of nitrogens with one attached hydrogen (secondary N) is 1. The molecule has 1 amide bonds. The lowest BCUT2D eigenvalue weighted by Gasteiger charge is -2.02. The van der Waals surface area contributed by atoms with Crippen molar-refractivity contribution in [3.8, 4) is 0 Å². The first-order chi connectivity index (χ1) is 9.17. The molecule has 0 aliphatic heterocycles. The maximum atomic E-state index is 11.8. The Balaban J connectivity index is 1.84. The molecule has 0 spiro atoms. The Labute approximate surface area is 116 Å². The van der Waals surface area contributed by atoms with Crippen molar-refractivity contribution in [2.45, 2.75) is 33.1 Å². The van der Waals surface area contributed by atoms with Crippen LogP contribution in [-0.4, -0.2) is 16.1 Å². The minimum absolute atomic E-state index is 0.0136. The van der Waals surface area contributed by atoms with Crippen molar-refractivity contribution in [2.24, 2.45) is 0 Å². The van der Waals surface area contributed by atoms with E-state index in [1.54, 1.807) is 0 Å². The number of carbonyl (C=O) groups excluding carboxylic acids is 1. The zero-order chi connectivity index (χ0) is 13.7. The smallest absolute Gasteiger partial charge is 0.226 e. The van der Waals surface area contributed by atoms with Crippen molar-refractivity contribution >= 4 is 22.4 Å². The number of anilines is 1. The van der Waals surface area contributed by atoms with Crippen LogP contribution in [0.25, 0.3) is 0 Å². The molecule has 0 aliphatic carbocycles. The van der Waals surface area contributed by atoms with E-state index in [-0.39, 0.29) is 5.91 Å². The molecule has 2 rings (SSSR count). The van der Waals surface area contributed by atoms with Crippen molar-refractivity contribution in [2.75, 3.05) is 5.32 Å². The molecular formula is C14H17N3OS. The minimum atomic E-state index is -0.0136. The summed E-state index contributed by atoms with van der Waals surface area (Å²) in [5.74, 6) is -0.0136. The van der Waals surface area contributed by atoms with Crippen molar-refractivity contribution < 1.29 is 4.79 Å². The number of aromatic nitrogens is 2. The van der Waals surface area contributed by atoms with Crippen LogP contribution in [0.3, 0.4) is 0 Å². The highest BCUT2D eigenvalue weighted by Crippen LogP contribution is 2.16. The second-order valence-corrected chi connectivity index (χ2v) is 5.45. The van der Waals surface area contributed by atoms with Crippen LogP contribution in [0.4, 0.5) is 5.13 Å². The fourth-order valence-electron chi connectivity index (χ4n) is 1.75. The standard InChI is InChI=1S/C14H17N3OS/c1-3-13-16-17-14(19-13)15-12(18)8-7-11-6-4-5-10(2)9-11/h4-6,9H,3,7-8H2,1-2H3,(H,15,17,18). The van der Waals surface area contributed by atoms with Gasteiger partial charge in [-0.1, -0.05) is 48.1 Å². The summed E-state index contributed by atoms with van der Waals surface area (Å²) in [6.45, 7) is 4.07. The molecule has 0 unspecified atom stereocenters. The van der Waals surface area contributed by atoms with Gasteiger partial charge in [0.1, 0.15) is 5.01 Å². The fourth-order valence-corrected chi connectivity index (χ4v) is 2.45. The molecule has 0 bridgehead atoms. The third kappa shape index (κ3) is 4.13. The van der Waals surface area contributed by atoms with Crippen LogP contribution < -0.4 is 5.32 Å². The monoisotopic (exact) mass is 275 g/mol. The lowest BCUT2D eigenvalue weighted by molar-refractivity contribution is -0.116. The quantitative estimate of drug-likeness (QED) is 0.912. The molecule has 0 atom stereocenters. The Bertz CT molecular complexity index is 565. The van der Waals surface area contributed by atoms with Crippen LogP contribution in [0.15, 0.2) is 24.3 Å². The van der Waals surface area contributed by atoms with Crippen LogP contribution in [-0.2, 0) is 17.6 Å². The van der Waals surface area contributed by atoms with E-state index in [1.807, 2.05) is 19.1 Å². The summed E-state index contributed by atoms with van der Waals surface area (Å²) in [4.78, 5) is 11.8. The molecule has 2 aromatic rings. The molecule has 0 radical (unpaired) electrons. The van der Waals surface area contributed by atoms with Crippen molar-refractivity contribution in [3.63, 3.8) is 0 Å². The molecular weight excluding hydrogens is 258 g/mol. The average molecular weight is 275 g/mol. The Morgan fingerprint density at radius 2 is 2.21 bits per heavy atom. The van der Waals surface area contributed by atoms with E-state index in [0.29, 0.717) is 11.6 Å². The summed E-state index contributed by atoms with van der Waals surface area (Å²) in [6.07, 6.45) is 2.05. The van der Waals surface area contributed by atoms with Crippen molar-refractivity contribution in [1.82, 2.24) is 10.2 Å². The van der Waals surface area contributed by atoms with E-state index in [2.05, 4.69) is 34.6 Å². The van der Waals surface area contributed by atoms with Gasteiger partial charge in [0.2, 0.25) is 11.0 Å². The SMILES string of the molecule is CCc1nnc(NC(=O)CCc2cccc(C)c2)s1. The molecule has 1 aromatic carbocycles. The summed E-state index contributed by atoms with van der Waals surface area (Å²) >= 11 is 1.43. The van der Waals surface area contributed by atoms with Crippen LogP contribution in [0.1, 0.15) is 29.5 Å². The molecule has 5 heteroatoms. The topological polar surface area (TPSA) is 54.9 Å². The second-order valence-electron chi connectivity index (χ2n) is 4.39. The van der Waals surface area contributed by atoms with Crippen LogP contribution in [0.2, 0.25) is 0 Å². The van der Waals surface area contributed by atoms with E-state index in [1.165, 1.54) is 22.5 Å². The molecule has 0 aliphatic rings. The number of hydrogen-bond acceptors (Lipinski definition) is 4. The van der Waals surface area contributed by atoms with Crippen LogP contribution in [0, 0.1) is 6.92 Å². The number of carbonyl (C=O) groups is 1. The highest BCUT2D eigenvalue weighted by molar-refractivity contribution is 7.15. The lowest BCUT2D eigenvalue weighted by atomic mass is 10.1. The molecule has 0 fully saturated rings. The molecule has 4 nitrogen and oxygen atoms in total. The number of aryl methyl sites for hydroxylation is 3. The highest BCUT2D eigenvalue weighted by Gasteiger charge is 2.07. The number of hydrogen-bond donors (Lipinski definition) is 1. The number of amides is 1. The van der Waals surface area contributed by atoms with Gasteiger partial charge < -0.3 is 5.32 Å². The van der Waals surface area contributed by atoms with Gasteiger partial charge in [-0.15, -0.1) is 10.2 Å². The summed E-state index contributed by atoms with van der Waals surface area (Å²) in [6, 6.07) is 8.21. The lowest BCUT2D eigenvalue weighted by Crippen LogP contribution is -2.12. The van der Waals surface area contributed by atoms with Gasteiger partial charge in [-0.2, -0.15) is 0 Å². The largest absolute Gasteiger partial charge is 0.301 e. The van der Waals surface area contributed by atoms with Gasteiger partial charge in [0.25, 0.3) is 0 Å². The van der Waals surface area contributed by atoms with E-state index >= 15 is 0 Å². The summed E-state index contributed by atoms with van der Waals surface area (Å²) in [7, 11) is 0. The van der Waals surface area contributed by atoms with Gasteiger partial charge >= 0.3 is 0 Å². The highest BCUT2D eigenvalue weighted by atomic mass is 32.1. The first-order valence-electron chi connectivity index (χ1n) is 6.35. The summed E-state index contributed by atoms with van der Waals surface area (Å²) < 4.78 is 0. The molecule has 1 heterocycles. The van der Waals surface area contributed by atoms with Gasteiger partial charge in [-0.3, -0.25) is 4.79 Å². The molecule has 19 heavy (non-hydrogen) atoms. The zero-order valence-electron chi connectivity index (χ0n) is 11.1. The molecule has 0 saturated heterocycles. The predicted octanol–water partition coefficient (Wildman–Crippen LogP) is 2.98. The number of nitrogens with zero attached hydrogens (tertiary/aromatic N) is 2. The Hall–Kier alpha value is -1.75. The van der Waals surface area contributed by atoms with E-state index in [9.17, 15) is 4.79 Å². The molecule has 0 saturated carbocycles. The van der Waals surface area contributed by atoms with Gasteiger partial charge in [0.05, 0.1) is 0 Å². The number of rotatable bonds is 5. The number of benzene rings is 1. The molecule has 1 aromatic heterocycles. The maximum absolute atomic E-state index is 11.8. The average Bonchev–Trinajstić information content (AvgIpc) is 2.84. The third-order valence-corrected chi connectivity index (χ3v) is 3.72. The fraction of sp³-hybridized carbons (Fsp3) is 0.357.